The Morgan fingerprint density at radius 2 is 0.792 bits per heavy atom. The Hall–Kier alpha value is -3.58. The van der Waals surface area contributed by atoms with Gasteiger partial charge >= 0.3 is 26.2 Å². The van der Waals surface area contributed by atoms with Crippen molar-refractivity contribution in [2.45, 2.75) is 51.6 Å². The maximum absolute atomic E-state index is 3.80. The van der Waals surface area contributed by atoms with E-state index in [0.29, 0.717) is 11.8 Å². The third-order valence-electron chi connectivity index (χ3n) is 9.66. The predicted molar refractivity (Wildman–Crippen MR) is 206 cm³/mol. The first-order chi connectivity index (χ1) is 22.8. The zero-order valence-corrected chi connectivity index (χ0v) is 32.5. The summed E-state index contributed by atoms with van der Waals surface area (Å²) in [5.41, 5.74) is 2.42. The summed E-state index contributed by atoms with van der Waals surface area (Å²) in [6.45, 7) is 13.5. The van der Waals surface area contributed by atoms with E-state index in [1.54, 1.807) is 0 Å². The Kier molecular flexibility index (Phi) is 11.4. The standard InChI is InChI=1S/2C22H19.C2H6Si.Zr/c2*1-16(2)22(14-18-9-3-4-10-19(18)15-22)21-13-7-11-17-8-5-6-12-20(17)21;1-3-2;/h2*3-14,16H,1-2H3;1-2H3;/q2*-1;;+2. The quantitative estimate of drug-likeness (QED) is 0.127. The van der Waals surface area contributed by atoms with Crippen LogP contribution in [-0.2, 0) is 37.0 Å². The van der Waals surface area contributed by atoms with Crippen molar-refractivity contribution >= 4 is 55.4 Å². The minimum Gasteiger partial charge on any atom is -0.189 e. The molecule has 0 spiro atoms. The average molecular weight is 716 g/mol. The number of fused-ring (bicyclic) bond motifs is 4. The molecule has 2 aliphatic carbocycles. The largest absolute Gasteiger partial charge is 2.00 e. The van der Waals surface area contributed by atoms with E-state index in [0.717, 1.165) is 9.52 Å². The molecule has 0 N–H and O–H groups in total. The van der Waals surface area contributed by atoms with Gasteiger partial charge in [-0.25, -0.2) is 0 Å². The SMILES string of the molecule is CC(C)C1(c2cccc3ccccc23)[C-]=c2ccccc2=C1.CC(C)C1(c2cccc3ccccc23)[C-]=c2ccccc2=C1.C[Si]C.[Zr+2]. The van der Waals surface area contributed by atoms with Gasteiger partial charge in [0.15, 0.2) is 0 Å². The molecular formula is C46H44SiZr. The Morgan fingerprint density at radius 3 is 1.17 bits per heavy atom. The number of rotatable bonds is 4. The zero-order chi connectivity index (χ0) is 33.0. The minimum absolute atomic E-state index is 0. The zero-order valence-electron chi connectivity index (χ0n) is 29.0. The fourth-order valence-electron chi connectivity index (χ4n) is 7.19. The number of benzene rings is 6. The monoisotopic (exact) mass is 714 g/mol. The third-order valence-corrected chi connectivity index (χ3v) is 9.66. The van der Waals surface area contributed by atoms with Crippen LogP contribution in [0.1, 0.15) is 38.8 Å². The number of hydrogen-bond acceptors (Lipinski definition) is 0. The Morgan fingerprint density at radius 1 is 0.458 bits per heavy atom. The summed E-state index contributed by atoms with van der Waals surface area (Å²) in [7, 11) is 1.08. The fourth-order valence-corrected chi connectivity index (χ4v) is 7.19. The first-order valence-corrected chi connectivity index (χ1v) is 18.8. The molecule has 6 aromatic carbocycles. The van der Waals surface area contributed by atoms with Crippen LogP contribution in [0, 0.1) is 11.8 Å². The third kappa shape index (κ3) is 6.67. The predicted octanol–water partition coefficient (Wildman–Crippen LogP) is 8.56. The van der Waals surface area contributed by atoms with E-state index < -0.39 is 0 Å². The molecule has 0 aliphatic heterocycles. The molecule has 0 amide bonds. The molecule has 0 bridgehead atoms. The van der Waals surface area contributed by atoms with Crippen molar-refractivity contribution in [3.63, 3.8) is 0 Å². The molecule has 48 heavy (non-hydrogen) atoms. The van der Waals surface area contributed by atoms with E-state index in [2.05, 4.69) is 199 Å². The maximum atomic E-state index is 3.80. The van der Waals surface area contributed by atoms with Crippen LogP contribution in [0.5, 0.6) is 0 Å². The molecule has 0 heterocycles. The van der Waals surface area contributed by atoms with E-state index >= 15 is 0 Å². The molecular weight excluding hydrogens is 672 g/mol. The van der Waals surface area contributed by atoms with E-state index in [-0.39, 0.29) is 37.0 Å². The van der Waals surface area contributed by atoms with Gasteiger partial charge in [0.05, 0.1) is 0 Å². The Balaban J connectivity index is 0.000000171. The summed E-state index contributed by atoms with van der Waals surface area (Å²) in [5, 5.41) is 10.3. The summed E-state index contributed by atoms with van der Waals surface area (Å²) in [6.07, 6.45) is 12.4. The van der Waals surface area contributed by atoms with Gasteiger partial charge < -0.3 is 0 Å². The van der Waals surface area contributed by atoms with Crippen molar-refractivity contribution in [3.05, 3.63) is 165 Å². The van der Waals surface area contributed by atoms with Gasteiger partial charge in [0.25, 0.3) is 0 Å². The van der Waals surface area contributed by atoms with Gasteiger partial charge in [-0.05, 0) is 55.3 Å². The van der Waals surface area contributed by atoms with Crippen LogP contribution in [0.4, 0.5) is 0 Å². The molecule has 0 nitrogen and oxygen atoms in total. The van der Waals surface area contributed by atoms with Crippen LogP contribution < -0.4 is 20.9 Å². The molecule has 0 saturated carbocycles. The van der Waals surface area contributed by atoms with Crippen LogP contribution in [0.15, 0.2) is 133 Å². The van der Waals surface area contributed by atoms with Gasteiger partial charge in [0, 0.05) is 9.52 Å². The second kappa shape index (κ2) is 15.3. The van der Waals surface area contributed by atoms with E-state index in [1.165, 1.54) is 53.5 Å². The molecule has 0 aromatic heterocycles. The summed E-state index contributed by atoms with van der Waals surface area (Å²) >= 11 is 0. The first kappa shape index (κ1) is 35.7. The molecule has 2 aliphatic rings. The molecule has 0 fully saturated rings. The summed E-state index contributed by atoms with van der Waals surface area (Å²) < 4.78 is 0. The van der Waals surface area contributed by atoms with Crippen molar-refractivity contribution in [1.29, 1.82) is 0 Å². The van der Waals surface area contributed by atoms with E-state index in [1.807, 2.05) is 0 Å². The van der Waals surface area contributed by atoms with Gasteiger partial charge in [-0.1, -0.05) is 138 Å². The van der Waals surface area contributed by atoms with Gasteiger partial charge in [-0.2, -0.15) is 34.7 Å². The molecule has 2 heteroatoms. The smallest absolute Gasteiger partial charge is 0.189 e. The van der Waals surface area contributed by atoms with Crippen LogP contribution in [-0.4, -0.2) is 9.52 Å². The molecule has 236 valence electrons. The summed E-state index contributed by atoms with van der Waals surface area (Å²) in [5.74, 6) is 0.899. The summed E-state index contributed by atoms with van der Waals surface area (Å²) in [4.78, 5) is 0. The Labute approximate surface area is 308 Å². The molecule has 2 radical (unpaired) electrons. The van der Waals surface area contributed by atoms with Crippen LogP contribution in [0.3, 0.4) is 0 Å². The van der Waals surface area contributed by atoms with Crippen molar-refractivity contribution < 1.29 is 26.2 Å². The van der Waals surface area contributed by atoms with E-state index in [9.17, 15) is 0 Å². The second-order valence-corrected chi connectivity index (χ2v) is 14.3. The molecule has 0 saturated heterocycles. The summed E-state index contributed by atoms with van der Waals surface area (Å²) in [6, 6.07) is 47.7. The van der Waals surface area contributed by atoms with Crippen LogP contribution in [0.25, 0.3) is 45.8 Å². The maximum Gasteiger partial charge on any atom is 2.00 e. The molecule has 2 unspecified atom stereocenters. The van der Waals surface area contributed by atoms with Crippen LogP contribution >= 0.6 is 0 Å². The minimum atomic E-state index is -0.148. The van der Waals surface area contributed by atoms with Gasteiger partial charge in [0.1, 0.15) is 0 Å². The topological polar surface area (TPSA) is 0 Å². The van der Waals surface area contributed by atoms with Crippen molar-refractivity contribution in [3.8, 4) is 0 Å². The van der Waals surface area contributed by atoms with Crippen molar-refractivity contribution in [2.75, 3.05) is 0 Å². The van der Waals surface area contributed by atoms with Gasteiger partial charge in [-0.3, -0.25) is 0 Å². The second-order valence-electron chi connectivity index (χ2n) is 13.3. The fraction of sp³-hybridized carbons (Fsp3) is 0.217. The normalized spacial score (nSPS) is 18.5. The molecule has 6 aromatic rings. The van der Waals surface area contributed by atoms with Gasteiger partial charge in [0.2, 0.25) is 0 Å². The van der Waals surface area contributed by atoms with E-state index in [4.69, 9.17) is 0 Å². The molecule has 8 rings (SSSR count). The Bertz CT molecular complexity index is 2030. The average Bonchev–Trinajstić information content (AvgIpc) is 3.70. The van der Waals surface area contributed by atoms with Crippen molar-refractivity contribution in [2.24, 2.45) is 11.8 Å². The molecule has 2 atom stereocenters. The first-order valence-electron chi connectivity index (χ1n) is 16.8. The number of hydrogen-bond donors (Lipinski definition) is 0. The van der Waals surface area contributed by atoms with Gasteiger partial charge in [-0.15, -0.1) is 46.9 Å². The van der Waals surface area contributed by atoms with Crippen LogP contribution in [0.2, 0.25) is 13.1 Å². The van der Waals surface area contributed by atoms with Crippen molar-refractivity contribution in [1.82, 2.24) is 0 Å².